The van der Waals surface area contributed by atoms with E-state index in [4.69, 9.17) is 10.6 Å². The Kier molecular flexibility index (Phi) is 7.71. The van der Waals surface area contributed by atoms with Crippen LogP contribution in [0.5, 0.6) is 0 Å². The highest BCUT2D eigenvalue weighted by atomic mass is 16.6. The van der Waals surface area contributed by atoms with Crippen LogP contribution in [0.4, 0.5) is 5.69 Å². The molecule has 1 amide bonds. The second-order valence-electron chi connectivity index (χ2n) is 5.67. The highest BCUT2D eigenvalue weighted by Crippen LogP contribution is 2.27. The van der Waals surface area contributed by atoms with Crippen molar-refractivity contribution in [3.8, 4) is 23.0 Å². The van der Waals surface area contributed by atoms with Crippen molar-refractivity contribution < 1.29 is 9.63 Å². The zero-order valence-corrected chi connectivity index (χ0v) is 15.5. The average molecular weight is 338 g/mol. The first-order valence-electron chi connectivity index (χ1n) is 8.25. The van der Waals surface area contributed by atoms with Crippen molar-refractivity contribution in [2.45, 2.75) is 27.7 Å². The fourth-order valence-electron chi connectivity index (χ4n) is 1.96. The maximum absolute atomic E-state index is 11.3. The van der Waals surface area contributed by atoms with Gasteiger partial charge < -0.3 is 5.73 Å². The van der Waals surface area contributed by atoms with Gasteiger partial charge in [-0.3, -0.25) is 15.1 Å². The Balaban J connectivity index is 0.00000151. The molecule has 0 aromatic heterocycles. The predicted molar refractivity (Wildman–Crippen MR) is 104 cm³/mol. The minimum atomic E-state index is -0.840. The third-order valence-electron chi connectivity index (χ3n) is 3.47. The van der Waals surface area contributed by atoms with E-state index in [2.05, 4.69) is 17.3 Å². The summed E-state index contributed by atoms with van der Waals surface area (Å²) < 4.78 is 0. The number of amides is 1. The fraction of sp³-hybridized carbons (Fsp3) is 0.286. The number of primary amides is 1. The second-order valence-corrected chi connectivity index (χ2v) is 5.67. The maximum Gasteiger partial charge on any atom is 0.235 e. The van der Waals surface area contributed by atoms with Gasteiger partial charge in [0.05, 0.1) is 12.8 Å². The number of benzene rings is 2. The minimum absolute atomic E-state index is 0.429. The summed E-state index contributed by atoms with van der Waals surface area (Å²) in [6.45, 7) is 7.42. The molecule has 0 saturated carbocycles. The van der Waals surface area contributed by atoms with E-state index in [1.807, 2.05) is 62.4 Å². The summed E-state index contributed by atoms with van der Waals surface area (Å²) in [4.78, 5) is 16.3. The molecule has 4 nitrogen and oxygen atoms in total. The van der Waals surface area contributed by atoms with Gasteiger partial charge in [-0.2, -0.15) is 0 Å². The van der Waals surface area contributed by atoms with E-state index in [9.17, 15) is 4.79 Å². The third kappa shape index (κ3) is 5.66. The predicted octanol–water partition coefficient (Wildman–Crippen LogP) is 4.22. The van der Waals surface area contributed by atoms with Gasteiger partial charge in [0.2, 0.25) is 5.91 Å². The Bertz CT molecular complexity index is 753. The first kappa shape index (κ1) is 20.3. The average Bonchev–Trinajstić information content (AvgIpc) is 2.63. The van der Waals surface area contributed by atoms with Crippen molar-refractivity contribution in [1.29, 1.82) is 0 Å². The van der Waals surface area contributed by atoms with Crippen LogP contribution in [0.25, 0.3) is 11.1 Å². The summed E-state index contributed by atoms with van der Waals surface area (Å²) >= 11 is 0. The van der Waals surface area contributed by atoms with Crippen molar-refractivity contribution in [3.05, 3.63) is 54.1 Å². The van der Waals surface area contributed by atoms with Crippen molar-refractivity contribution in [3.63, 3.8) is 0 Å². The summed E-state index contributed by atoms with van der Waals surface area (Å²) in [5, 5.41) is 0. The van der Waals surface area contributed by atoms with Crippen LogP contribution in [-0.4, -0.2) is 13.0 Å². The van der Waals surface area contributed by atoms with Crippen LogP contribution in [0.15, 0.2) is 48.5 Å². The molecule has 0 atom stereocenters. The van der Waals surface area contributed by atoms with E-state index in [0.29, 0.717) is 0 Å². The van der Waals surface area contributed by atoms with Crippen LogP contribution in [0, 0.1) is 17.3 Å². The molecule has 2 aromatic carbocycles. The number of nitrogens with two attached hydrogens (primary N) is 1. The minimum Gasteiger partial charge on any atom is -0.368 e. The largest absolute Gasteiger partial charge is 0.368 e. The number of hydrogen-bond acceptors (Lipinski definition) is 3. The van der Waals surface area contributed by atoms with E-state index in [1.54, 1.807) is 21.0 Å². The molecule has 0 saturated heterocycles. The molecule has 4 heteroatoms. The highest BCUT2D eigenvalue weighted by Gasteiger charge is 2.21. The van der Waals surface area contributed by atoms with E-state index < -0.39 is 11.3 Å². The molecule has 0 aliphatic rings. The number of rotatable bonds is 4. The van der Waals surface area contributed by atoms with Gasteiger partial charge in [-0.25, -0.2) is 0 Å². The molecule has 2 rings (SSSR count). The zero-order chi connectivity index (χ0) is 18.9. The molecular weight excluding hydrogens is 312 g/mol. The lowest BCUT2D eigenvalue weighted by molar-refractivity contribution is -0.123. The normalized spacial score (nSPS) is 9.96. The molecule has 0 spiro atoms. The molecule has 25 heavy (non-hydrogen) atoms. The lowest BCUT2D eigenvalue weighted by Gasteiger charge is -2.11. The molecule has 0 heterocycles. The first-order valence-corrected chi connectivity index (χ1v) is 8.25. The molecule has 0 bridgehead atoms. The molecule has 0 aliphatic carbocycles. The van der Waals surface area contributed by atoms with Crippen LogP contribution >= 0.6 is 0 Å². The topological polar surface area (TPSA) is 64.3 Å². The first-order chi connectivity index (χ1) is 11.9. The van der Waals surface area contributed by atoms with Crippen molar-refractivity contribution >= 4 is 11.6 Å². The summed E-state index contributed by atoms with van der Waals surface area (Å²) in [7, 11) is 1.58. The van der Waals surface area contributed by atoms with Gasteiger partial charge in [-0.05, 0) is 37.6 Å². The summed E-state index contributed by atoms with van der Waals surface area (Å²) in [5.74, 6) is 5.47. The molecule has 132 valence electrons. The van der Waals surface area contributed by atoms with Gasteiger partial charge >= 0.3 is 0 Å². The van der Waals surface area contributed by atoms with Crippen molar-refractivity contribution in [2.24, 2.45) is 11.1 Å². The van der Waals surface area contributed by atoms with Crippen molar-refractivity contribution in [1.82, 2.24) is 0 Å². The second kappa shape index (κ2) is 9.51. The van der Waals surface area contributed by atoms with Crippen LogP contribution in [0.1, 0.15) is 33.3 Å². The van der Waals surface area contributed by atoms with Gasteiger partial charge in [0.1, 0.15) is 5.41 Å². The van der Waals surface area contributed by atoms with Crippen LogP contribution in [0.2, 0.25) is 0 Å². The Morgan fingerprint density at radius 3 is 2.24 bits per heavy atom. The molecule has 0 radical (unpaired) electrons. The zero-order valence-electron chi connectivity index (χ0n) is 15.5. The third-order valence-corrected chi connectivity index (χ3v) is 3.47. The Hall–Kier alpha value is -2.77. The van der Waals surface area contributed by atoms with Gasteiger partial charge in [-0.1, -0.05) is 56.0 Å². The molecular formula is C21H26N2O2. The van der Waals surface area contributed by atoms with Crippen LogP contribution < -0.4 is 11.2 Å². The van der Waals surface area contributed by atoms with E-state index in [-0.39, 0.29) is 0 Å². The van der Waals surface area contributed by atoms with Gasteiger partial charge in [0, 0.05) is 11.1 Å². The van der Waals surface area contributed by atoms with Gasteiger partial charge in [-0.15, -0.1) is 0 Å². The van der Waals surface area contributed by atoms with E-state index in [1.165, 1.54) is 0 Å². The van der Waals surface area contributed by atoms with Crippen molar-refractivity contribution in [2.75, 3.05) is 12.6 Å². The standard InChI is InChI=1S/C19H20N2O2.C2H6/c1-19(2,18(20)22)13-12-14-8-10-15(11-9-14)16-6-4-5-7-17(16)21-23-3;1-2/h4-11,21H,1-3H3,(H2,20,22);1-2H3. The van der Waals surface area contributed by atoms with Gasteiger partial charge in [0.25, 0.3) is 0 Å². The number of hydrogen-bond donors (Lipinski definition) is 2. The molecule has 0 unspecified atom stereocenters. The van der Waals surface area contributed by atoms with Crippen LogP contribution in [-0.2, 0) is 9.63 Å². The Labute approximate surface area is 150 Å². The quantitative estimate of drug-likeness (QED) is 0.648. The number of anilines is 1. The SMILES string of the molecule is CC.CONc1ccccc1-c1ccc(C#CC(C)(C)C(N)=O)cc1. The molecule has 0 fully saturated rings. The molecule has 2 aromatic rings. The number of nitrogens with one attached hydrogen (secondary N) is 1. The lowest BCUT2D eigenvalue weighted by atomic mass is 9.93. The number of para-hydroxylation sites is 1. The lowest BCUT2D eigenvalue weighted by Crippen LogP contribution is -2.29. The Morgan fingerprint density at radius 2 is 1.68 bits per heavy atom. The fourth-order valence-corrected chi connectivity index (χ4v) is 1.96. The summed E-state index contributed by atoms with van der Waals surface area (Å²) in [5.41, 5.74) is 11.2. The van der Waals surface area contributed by atoms with E-state index >= 15 is 0 Å². The summed E-state index contributed by atoms with van der Waals surface area (Å²) in [6, 6.07) is 15.7. The smallest absolute Gasteiger partial charge is 0.235 e. The van der Waals surface area contributed by atoms with Gasteiger partial charge in [0.15, 0.2) is 0 Å². The maximum atomic E-state index is 11.3. The highest BCUT2D eigenvalue weighted by molar-refractivity contribution is 5.83. The molecule has 3 N–H and O–H groups in total. The number of carbonyl (C=O) groups excluding carboxylic acids is 1. The van der Waals surface area contributed by atoms with E-state index in [0.717, 1.165) is 22.4 Å². The van der Waals surface area contributed by atoms with Crippen LogP contribution in [0.3, 0.4) is 0 Å². The Morgan fingerprint density at radius 1 is 1.08 bits per heavy atom. The number of carbonyl (C=O) groups is 1. The summed E-state index contributed by atoms with van der Waals surface area (Å²) in [6.07, 6.45) is 0. The molecule has 0 aliphatic heterocycles. The monoisotopic (exact) mass is 338 g/mol.